The summed E-state index contributed by atoms with van der Waals surface area (Å²) in [6, 6.07) is 14.5. The number of aromatic nitrogens is 1. The monoisotopic (exact) mass is 389 g/mol. The number of guanidine groups is 1. The van der Waals surface area contributed by atoms with Crippen LogP contribution in [0.25, 0.3) is 0 Å². The van der Waals surface area contributed by atoms with Gasteiger partial charge in [0.05, 0.1) is 5.02 Å². The molecule has 0 bridgehead atoms. The van der Waals surface area contributed by atoms with Crippen LogP contribution in [0.3, 0.4) is 0 Å². The fourth-order valence-corrected chi connectivity index (χ4v) is 3.95. The molecule has 1 aromatic carbocycles. The van der Waals surface area contributed by atoms with E-state index in [1.807, 2.05) is 37.0 Å². The van der Waals surface area contributed by atoms with E-state index in [0.29, 0.717) is 11.1 Å². The van der Waals surface area contributed by atoms with E-state index in [-0.39, 0.29) is 0 Å². The molecule has 1 aliphatic heterocycles. The lowest BCUT2D eigenvalue weighted by Crippen LogP contribution is -2.45. The first-order chi connectivity index (χ1) is 12.8. The molecule has 0 aliphatic carbocycles. The molecule has 2 aromatic rings. The predicted molar refractivity (Wildman–Crippen MR) is 112 cm³/mol. The standard InChI is InChI=1S/C19H24ClN5S/c1-21-19(23-11-13-26-16-6-3-2-4-7-16)24-15-9-12-25(14-15)18-17(20)8-5-10-22-18/h2-8,10,15H,9,11-14H2,1H3,(H2,21,23,24). The van der Waals surface area contributed by atoms with Gasteiger partial charge in [-0.2, -0.15) is 0 Å². The summed E-state index contributed by atoms with van der Waals surface area (Å²) in [5.41, 5.74) is 0. The van der Waals surface area contributed by atoms with Crippen molar-refractivity contribution < 1.29 is 0 Å². The van der Waals surface area contributed by atoms with Gasteiger partial charge in [-0.1, -0.05) is 29.8 Å². The zero-order chi connectivity index (χ0) is 18.2. The number of hydrogen-bond donors (Lipinski definition) is 2. The van der Waals surface area contributed by atoms with Gasteiger partial charge >= 0.3 is 0 Å². The van der Waals surface area contributed by atoms with Crippen LogP contribution in [0.15, 0.2) is 58.5 Å². The number of benzene rings is 1. The molecule has 0 spiro atoms. The SMILES string of the molecule is CN=C(NCCSc1ccccc1)NC1CCN(c2ncccc2Cl)C1. The molecule has 138 valence electrons. The largest absolute Gasteiger partial charge is 0.356 e. The molecule has 0 radical (unpaired) electrons. The molecular formula is C19H24ClN5S. The number of nitrogens with zero attached hydrogens (tertiary/aromatic N) is 3. The van der Waals surface area contributed by atoms with Gasteiger partial charge < -0.3 is 15.5 Å². The van der Waals surface area contributed by atoms with Gasteiger partial charge in [-0.05, 0) is 30.7 Å². The van der Waals surface area contributed by atoms with Crippen molar-refractivity contribution in [2.45, 2.75) is 17.4 Å². The Morgan fingerprint density at radius 1 is 1.31 bits per heavy atom. The molecule has 3 rings (SSSR count). The Hall–Kier alpha value is -1.92. The third-order valence-corrected chi connectivity index (χ3v) is 5.51. The van der Waals surface area contributed by atoms with Gasteiger partial charge in [0, 0.05) is 49.6 Å². The minimum atomic E-state index is 0.334. The molecule has 0 saturated carbocycles. The van der Waals surface area contributed by atoms with Crippen molar-refractivity contribution >= 4 is 35.1 Å². The third kappa shape index (κ3) is 5.29. The fourth-order valence-electron chi connectivity index (χ4n) is 2.92. The number of anilines is 1. The maximum atomic E-state index is 6.26. The Kier molecular flexibility index (Phi) is 7.03. The van der Waals surface area contributed by atoms with Crippen LogP contribution in [0.5, 0.6) is 0 Å². The second-order valence-corrected chi connectivity index (χ2v) is 7.62. The minimum Gasteiger partial charge on any atom is -0.356 e. The van der Waals surface area contributed by atoms with Crippen molar-refractivity contribution in [2.24, 2.45) is 4.99 Å². The summed E-state index contributed by atoms with van der Waals surface area (Å²) in [6.45, 7) is 2.67. The Balaban J connectivity index is 1.42. The molecule has 1 atom stereocenters. The molecule has 2 heterocycles. The minimum absolute atomic E-state index is 0.334. The average molecular weight is 390 g/mol. The van der Waals surface area contributed by atoms with E-state index in [0.717, 1.165) is 43.6 Å². The molecule has 1 aliphatic rings. The summed E-state index contributed by atoms with van der Waals surface area (Å²) in [5.74, 6) is 2.70. The summed E-state index contributed by atoms with van der Waals surface area (Å²) in [4.78, 5) is 12.2. The maximum Gasteiger partial charge on any atom is 0.191 e. The van der Waals surface area contributed by atoms with E-state index in [1.54, 1.807) is 6.20 Å². The summed E-state index contributed by atoms with van der Waals surface area (Å²) >= 11 is 8.10. The zero-order valence-electron chi connectivity index (χ0n) is 14.9. The molecule has 1 fully saturated rings. The lowest BCUT2D eigenvalue weighted by Gasteiger charge is -2.20. The lowest BCUT2D eigenvalue weighted by molar-refractivity contribution is 0.652. The number of thioether (sulfide) groups is 1. The predicted octanol–water partition coefficient (Wildman–Crippen LogP) is 3.27. The van der Waals surface area contributed by atoms with E-state index in [9.17, 15) is 0 Å². The van der Waals surface area contributed by atoms with Gasteiger partial charge in [-0.25, -0.2) is 4.98 Å². The molecule has 7 heteroatoms. The Morgan fingerprint density at radius 2 is 2.15 bits per heavy atom. The molecule has 26 heavy (non-hydrogen) atoms. The topological polar surface area (TPSA) is 52.6 Å². The Bertz CT molecular complexity index is 725. The number of rotatable bonds is 6. The maximum absolute atomic E-state index is 6.26. The third-order valence-electron chi connectivity index (χ3n) is 4.20. The molecule has 0 amide bonds. The summed E-state index contributed by atoms with van der Waals surface area (Å²) in [5, 5.41) is 7.59. The van der Waals surface area contributed by atoms with Crippen molar-refractivity contribution in [1.82, 2.24) is 15.6 Å². The molecule has 1 unspecified atom stereocenters. The van der Waals surface area contributed by atoms with Crippen molar-refractivity contribution in [1.29, 1.82) is 0 Å². The Labute approximate surface area is 164 Å². The molecule has 1 saturated heterocycles. The van der Waals surface area contributed by atoms with Gasteiger partial charge in [-0.3, -0.25) is 4.99 Å². The van der Waals surface area contributed by atoms with Crippen LogP contribution >= 0.6 is 23.4 Å². The highest BCUT2D eigenvalue weighted by atomic mass is 35.5. The lowest BCUT2D eigenvalue weighted by atomic mass is 10.3. The van der Waals surface area contributed by atoms with Crippen LogP contribution < -0.4 is 15.5 Å². The van der Waals surface area contributed by atoms with Crippen molar-refractivity contribution in [3.63, 3.8) is 0 Å². The summed E-state index contributed by atoms with van der Waals surface area (Å²) in [6.07, 6.45) is 2.82. The van der Waals surface area contributed by atoms with Crippen LogP contribution in [-0.2, 0) is 0 Å². The highest BCUT2D eigenvalue weighted by Gasteiger charge is 2.25. The number of hydrogen-bond acceptors (Lipinski definition) is 4. The van der Waals surface area contributed by atoms with E-state index >= 15 is 0 Å². The van der Waals surface area contributed by atoms with Crippen molar-refractivity contribution in [2.75, 3.05) is 37.3 Å². The number of pyridine rings is 1. The van der Waals surface area contributed by atoms with Crippen LogP contribution in [0.2, 0.25) is 5.02 Å². The van der Waals surface area contributed by atoms with Crippen LogP contribution in [0.1, 0.15) is 6.42 Å². The summed E-state index contributed by atoms with van der Waals surface area (Å²) in [7, 11) is 1.81. The molecule has 1 aromatic heterocycles. The molecule has 2 N–H and O–H groups in total. The number of aliphatic imine (C=N–C) groups is 1. The summed E-state index contributed by atoms with van der Waals surface area (Å²) < 4.78 is 0. The van der Waals surface area contributed by atoms with E-state index in [4.69, 9.17) is 11.6 Å². The van der Waals surface area contributed by atoms with E-state index in [2.05, 4.69) is 49.8 Å². The second-order valence-electron chi connectivity index (χ2n) is 6.05. The molecular weight excluding hydrogens is 366 g/mol. The highest BCUT2D eigenvalue weighted by Crippen LogP contribution is 2.25. The van der Waals surface area contributed by atoms with Gasteiger partial charge in [0.25, 0.3) is 0 Å². The van der Waals surface area contributed by atoms with Crippen molar-refractivity contribution in [3.05, 3.63) is 53.7 Å². The second kappa shape index (κ2) is 9.69. The van der Waals surface area contributed by atoms with E-state index in [1.165, 1.54) is 4.90 Å². The first-order valence-electron chi connectivity index (χ1n) is 8.77. The fraction of sp³-hybridized carbons (Fsp3) is 0.368. The average Bonchev–Trinajstić information content (AvgIpc) is 3.13. The Morgan fingerprint density at radius 3 is 2.92 bits per heavy atom. The van der Waals surface area contributed by atoms with Crippen LogP contribution in [0, 0.1) is 0 Å². The first kappa shape index (κ1) is 18.9. The van der Waals surface area contributed by atoms with Gasteiger partial charge in [0.1, 0.15) is 5.82 Å². The van der Waals surface area contributed by atoms with Gasteiger partial charge in [-0.15, -0.1) is 11.8 Å². The zero-order valence-corrected chi connectivity index (χ0v) is 16.4. The van der Waals surface area contributed by atoms with E-state index < -0.39 is 0 Å². The first-order valence-corrected chi connectivity index (χ1v) is 10.1. The van der Waals surface area contributed by atoms with Crippen molar-refractivity contribution in [3.8, 4) is 0 Å². The molecule has 5 nitrogen and oxygen atoms in total. The van der Waals surface area contributed by atoms with Gasteiger partial charge in [0.15, 0.2) is 5.96 Å². The highest BCUT2D eigenvalue weighted by molar-refractivity contribution is 7.99. The van der Waals surface area contributed by atoms with Crippen LogP contribution in [0.4, 0.5) is 5.82 Å². The smallest absolute Gasteiger partial charge is 0.191 e. The number of nitrogens with one attached hydrogen (secondary N) is 2. The van der Waals surface area contributed by atoms with Crippen LogP contribution in [-0.4, -0.2) is 49.4 Å². The number of halogens is 1. The quantitative estimate of drug-likeness (QED) is 0.343. The van der Waals surface area contributed by atoms with Gasteiger partial charge in [0.2, 0.25) is 0 Å². The normalized spacial score (nSPS) is 17.4.